The predicted molar refractivity (Wildman–Crippen MR) is 71.5 cm³/mol. The second-order valence-electron chi connectivity index (χ2n) is 4.83. The summed E-state index contributed by atoms with van der Waals surface area (Å²) >= 11 is 0. The smallest absolute Gasteiger partial charge is 0.336 e. The Morgan fingerprint density at radius 3 is 2.35 bits per heavy atom. The van der Waals surface area contributed by atoms with Crippen molar-refractivity contribution in [3.05, 3.63) is 35.4 Å². The van der Waals surface area contributed by atoms with Crippen LogP contribution in [0.15, 0.2) is 24.3 Å². The summed E-state index contributed by atoms with van der Waals surface area (Å²) in [6.45, 7) is 1.57. The van der Waals surface area contributed by atoms with Gasteiger partial charge in [-0.25, -0.2) is 4.79 Å². The maximum atomic E-state index is 12.0. The van der Waals surface area contributed by atoms with Crippen molar-refractivity contribution in [2.24, 2.45) is 0 Å². The highest BCUT2D eigenvalue weighted by Gasteiger charge is 2.27. The quantitative estimate of drug-likeness (QED) is 0.740. The SMILES string of the molecule is CC(NC(=O)c1ccccc1C(=O)O)C(=O)NC1CC1. The Balaban J connectivity index is 2.03. The molecule has 0 saturated heterocycles. The molecule has 2 rings (SSSR count). The van der Waals surface area contributed by atoms with Crippen LogP contribution in [0.2, 0.25) is 0 Å². The third kappa shape index (κ3) is 3.34. The molecular formula is C14H16N2O4. The third-order valence-corrected chi connectivity index (χ3v) is 3.07. The number of amides is 2. The molecule has 20 heavy (non-hydrogen) atoms. The van der Waals surface area contributed by atoms with E-state index in [0.717, 1.165) is 12.8 Å². The van der Waals surface area contributed by atoms with Crippen LogP contribution in [0.1, 0.15) is 40.5 Å². The molecule has 0 aromatic heterocycles. The summed E-state index contributed by atoms with van der Waals surface area (Å²) in [7, 11) is 0. The largest absolute Gasteiger partial charge is 0.478 e. The van der Waals surface area contributed by atoms with Crippen LogP contribution in [0.5, 0.6) is 0 Å². The molecule has 0 spiro atoms. The molecule has 1 saturated carbocycles. The fourth-order valence-electron chi connectivity index (χ4n) is 1.76. The first-order valence-corrected chi connectivity index (χ1v) is 6.42. The number of carbonyl (C=O) groups is 3. The van der Waals surface area contributed by atoms with Crippen molar-refractivity contribution in [2.75, 3.05) is 0 Å². The predicted octanol–water partition coefficient (Wildman–Crippen LogP) is 0.782. The van der Waals surface area contributed by atoms with E-state index in [-0.39, 0.29) is 23.1 Å². The average Bonchev–Trinajstić information content (AvgIpc) is 3.22. The van der Waals surface area contributed by atoms with E-state index in [0.29, 0.717) is 0 Å². The lowest BCUT2D eigenvalue weighted by Gasteiger charge is -2.14. The first-order valence-electron chi connectivity index (χ1n) is 6.42. The van der Waals surface area contributed by atoms with Crippen molar-refractivity contribution >= 4 is 17.8 Å². The lowest BCUT2D eigenvalue weighted by molar-refractivity contribution is -0.122. The third-order valence-electron chi connectivity index (χ3n) is 3.07. The summed E-state index contributed by atoms with van der Waals surface area (Å²) in [6, 6.07) is 5.41. The van der Waals surface area contributed by atoms with Gasteiger partial charge in [0.05, 0.1) is 11.1 Å². The van der Waals surface area contributed by atoms with Gasteiger partial charge < -0.3 is 15.7 Å². The molecule has 6 nitrogen and oxygen atoms in total. The van der Waals surface area contributed by atoms with E-state index in [4.69, 9.17) is 5.11 Å². The summed E-state index contributed by atoms with van der Waals surface area (Å²) in [5.74, 6) is -2.00. The van der Waals surface area contributed by atoms with Crippen LogP contribution in [-0.4, -0.2) is 35.0 Å². The maximum absolute atomic E-state index is 12.0. The van der Waals surface area contributed by atoms with E-state index in [9.17, 15) is 14.4 Å². The van der Waals surface area contributed by atoms with Gasteiger partial charge in [0.1, 0.15) is 6.04 Å². The minimum absolute atomic E-state index is 0.0473. The summed E-state index contributed by atoms with van der Waals surface area (Å²) < 4.78 is 0. The number of carboxylic acid groups (broad SMARTS) is 1. The molecule has 0 aliphatic heterocycles. The molecule has 1 aromatic rings. The van der Waals surface area contributed by atoms with Gasteiger partial charge in [0.25, 0.3) is 5.91 Å². The van der Waals surface area contributed by atoms with E-state index >= 15 is 0 Å². The lowest BCUT2D eigenvalue weighted by atomic mass is 10.1. The summed E-state index contributed by atoms with van der Waals surface area (Å²) in [5, 5.41) is 14.3. The molecule has 1 fully saturated rings. The monoisotopic (exact) mass is 276 g/mol. The molecule has 1 unspecified atom stereocenters. The van der Waals surface area contributed by atoms with Crippen LogP contribution >= 0.6 is 0 Å². The van der Waals surface area contributed by atoms with Crippen LogP contribution < -0.4 is 10.6 Å². The molecule has 0 radical (unpaired) electrons. The molecule has 6 heteroatoms. The van der Waals surface area contributed by atoms with Crippen molar-refractivity contribution in [3.8, 4) is 0 Å². The standard InChI is InChI=1S/C14H16N2O4/c1-8(12(17)16-9-6-7-9)15-13(18)10-4-2-3-5-11(10)14(19)20/h2-5,8-9H,6-7H2,1H3,(H,15,18)(H,16,17)(H,19,20). The molecule has 1 aliphatic rings. The summed E-state index contributed by atoms with van der Waals surface area (Å²) in [5.41, 5.74) is -0.0362. The number of carbonyl (C=O) groups excluding carboxylic acids is 2. The number of aromatic carboxylic acids is 1. The first kappa shape index (κ1) is 14.0. The molecular weight excluding hydrogens is 260 g/mol. The van der Waals surface area contributed by atoms with E-state index in [1.54, 1.807) is 19.1 Å². The molecule has 3 N–H and O–H groups in total. The molecule has 106 valence electrons. The number of hydrogen-bond acceptors (Lipinski definition) is 3. The Morgan fingerprint density at radius 2 is 1.80 bits per heavy atom. The lowest BCUT2D eigenvalue weighted by Crippen LogP contribution is -2.45. The van der Waals surface area contributed by atoms with Crippen molar-refractivity contribution in [2.45, 2.75) is 31.8 Å². The van der Waals surface area contributed by atoms with Crippen LogP contribution in [0.3, 0.4) is 0 Å². The van der Waals surface area contributed by atoms with E-state index in [1.807, 2.05) is 0 Å². The Bertz CT molecular complexity index is 552. The van der Waals surface area contributed by atoms with Crippen molar-refractivity contribution in [1.82, 2.24) is 10.6 Å². The van der Waals surface area contributed by atoms with Crippen LogP contribution in [0.25, 0.3) is 0 Å². The topological polar surface area (TPSA) is 95.5 Å². The first-order chi connectivity index (χ1) is 9.49. The zero-order chi connectivity index (χ0) is 14.7. The number of hydrogen-bond donors (Lipinski definition) is 3. The maximum Gasteiger partial charge on any atom is 0.336 e. The zero-order valence-electron chi connectivity index (χ0n) is 11.1. The highest BCUT2D eigenvalue weighted by atomic mass is 16.4. The molecule has 1 aromatic carbocycles. The zero-order valence-corrected chi connectivity index (χ0v) is 11.1. The fourth-order valence-corrected chi connectivity index (χ4v) is 1.76. The second kappa shape index (κ2) is 5.73. The van der Waals surface area contributed by atoms with Gasteiger partial charge in [0.15, 0.2) is 0 Å². The minimum atomic E-state index is -1.18. The van der Waals surface area contributed by atoms with Crippen LogP contribution in [-0.2, 0) is 4.79 Å². The normalized spacial score (nSPS) is 15.2. The van der Waals surface area contributed by atoms with Gasteiger partial charge in [0.2, 0.25) is 5.91 Å². The number of nitrogens with one attached hydrogen (secondary N) is 2. The molecule has 2 amide bonds. The van der Waals surface area contributed by atoms with Gasteiger partial charge in [-0.1, -0.05) is 12.1 Å². The van der Waals surface area contributed by atoms with Gasteiger partial charge in [-0.3, -0.25) is 9.59 Å². The highest BCUT2D eigenvalue weighted by molar-refractivity contribution is 6.05. The number of rotatable bonds is 5. The van der Waals surface area contributed by atoms with Crippen LogP contribution in [0, 0.1) is 0 Å². The Hall–Kier alpha value is -2.37. The van der Waals surface area contributed by atoms with E-state index < -0.39 is 17.9 Å². The minimum Gasteiger partial charge on any atom is -0.478 e. The van der Waals surface area contributed by atoms with Crippen molar-refractivity contribution in [1.29, 1.82) is 0 Å². The summed E-state index contributed by atoms with van der Waals surface area (Å²) in [6.07, 6.45) is 1.93. The highest BCUT2D eigenvalue weighted by Crippen LogP contribution is 2.18. The molecule has 0 bridgehead atoms. The van der Waals surface area contributed by atoms with Crippen molar-refractivity contribution < 1.29 is 19.5 Å². The van der Waals surface area contributed by atoms with Crippen LogP contribution in [0.4, 0.5) is 0 Å². The Morgan fingerprint density at radius 1 is 1.20 bits per heavy atom. The van der Waals surface area contributed by atoms with Gasteiger partial charge in [0, 0.05) is 6.04 Å². The second-order valence-corrected chi connectivity index (χ2v) is 4.83. The van der Waals surface area contributed by atoms with Crippen molar-refractivity contribution in [3.63, 3.8) is 0 Å². The average molecular weight is 276 g/mol. The Labute approximate surface area is 116 Å². The molecule has 1 atom stereocenters. The van der Waals surface area contributed by atoms with Gasteiger partial charge in [-0.15, -0.1) is 0 Å². The van der Waals surface area contributed by atoms with Gasteiger partial charge in [-0.2, -0.15) is 0 Å². The van der Waals surface area contributed by atoms with Gasteiger partial charge >= 0.3 is 5.97 Å². The van der Waals surface area contributed by atoms with E-state index in [2.05, 4.69) is 10.6 Å². The number of benzene rings is 1. The van der Waals surface area contributed by atoms with Gasteiger partial charge in [-0.05, 0) is 31.9 Å². The molecule has 0 heterocycles. The fraction of sp³-hybridized carbons (Fsp3) is 0.357. The Kier molecular flexibility index (Phi) is 4.02. The van der Waals surface area contributed by atoms with E-state index in [1.165, 1.54) is 12.1 Å². The summed E-state index contributed by atoms with van der Waals surface area (Å²) in [4.78, 5) is 34.8. The molecule has 1 aliphatic carbocycles. The number of carboxylic acids is 1.